The highest BCUT2D eigenvalue weighted by molar-refractivity contribution is 6.30. The Morgan fingerprint density at radius 3 is 2.57 bits per heavy atom. The molecule has 0 unspecified atom stereocenters. The first-order valence-corrected chi connectivity index (χ1v) is 11.1. The molecule has 174 valence electrons. The van der Waals surface area contributed by atoms with E-state index < -0.39 is 0 Å². The molecule has 0 amide bonds. The second kappa shape index (κ2) is 9.15. The normalized spacial score (nSPS) is 11.1. The largest absolute Gasteiger partial charge is 0.497 e. The number of pyridine rings is 1. The van der Waals surface area contributed by atoms with Gasteiger partial charge in [-0.15, -0.1) is 10.2 Å². The molecule has 9 heteroatoms. The third-order valence-corrected chi connectivity index (χ3v) is 5.97. The van der Waals surface area contributed by atoms with Crippen molar-refractivity contribution in [1.82, 2.24) is 19.7 Å². The van der Waals surface area contributed by atoms with E-state index in [4.69, 9.17) is 20.8 Å². The molecule has 0 spiro atoms. The second-order valence-electron chi connectivity index (χ2n) is 7.82. The van der Waals surface area contributed by atoms with Crippen LogP contribution in [-0.2, 0) is 6.54 Å². The molecule has 2 aromatic carbocycles. The Labute approximate surface area is 205 Å². The van der Waals surface area contributed by atoms with Crippen LogP contribution in [0.1, 0.15) is 32.3 Å². The first kappa shape index (κ1) is 22.5. The van der Waals surface area contributed by atoms with Gasteiger partial charge in [0, 0.05) is 33.4 Å². The number of benzene rings is 2. The van der Waals surface area contributed by atoms with E-state index >= 15 is 0 Å². The van der Waals surface area contributed by atoms with E-state index in [1.54, 1.807) is 79.4 Å². The van der Waals surface area contributed by atoms with Gasteiger partial charge in [0.05, 0.1) is 19.2 Å². The Balaban J connectivity index is 1.55. The van der Waals surface area contributed by atoms with Gasteiger partial charge in [0.2, 0.25) is 5.78 Å². The fourth-order valence-corrected chi connectivity index (χ4v) is 4.09. The van der Waals surface area contributed by atoms with E-state index in [1.165, 1.54) is 0 Å². The van der Waals surface area contributed by atoms with E-state index in [-0.39, 0.29) is 29.9 Å². The molecular formula is C26H19ClN4O4. The molecule has 5 aromatic rings. The van der Waals surface area contributed by atoms with Crippen molar-refractivity contribution in [1.29, 1.82) is 0 Å². The van der Waals surface area contributed by atoms with E-state index in [1.807, 2.05) is 6.07 Å². The van der Waals surface area contributed by atoms with Crippen molar-refractivity contribution in [3.8, 4) is 17.3 Å². The number of hydrogen-bond acceptors (Lipinski definition) is 7. The highest BCUT2D eigenvalue weighted by Crippen LogP contribution is 2.32. The van der Waals surface area contributed by atoms with Gasteiger partial charge >= 0.3 is 0 Å². The lowest BCUT2D eigenvalue weighted by molar-refractivity contribution is 0.0938. The average molecular weight is 487 g/mol. The molecule has 0 fully saturated rings. The summed E-state index contributed by atoms with van der Waals surface area (Å²) in [7, 11) is 1.56. The van der Waals surface area contributed by atoms with E-state index in [0.29, 0.717) is 44.2 Å². The van der Waals surface area contributed by atoms with Crippen molar-refractivity contribution in [2.75, 3.05) is 7.11 Å². The average Bonchev–Trinajstić information content (AvgIpc) is 3.48. The first-order valence-electron chi connectivity index (χ1n) is 10.7. The number of nitrogens with zero attached hydrogens (tertiary/aromatic N) is 4. The summed E-state index contributed by atoms with van der Waals surface area (Å²) in [6.07, 6.45) is 1.60. The van der Waals surface area contributed by atoms with Crippen molar-refractivity contribution in [3.63, 3.8) is 0 Å². The Kier molecular flexibility index (Phi) is 5.88. The molecule has 8 nitrogen and oxygen atoms in total. The predicted molar refractivity (Wildman–Crippen MR) is 130 cm³/mol. The lowest BCUT2D eigenvalue weighted by Gasteiger charge is -2.07. The van der Waals surface area contributed by atoms with Crippen LogP contribution in [0.3, 0.4) is 0 Å². The standard InChI is InChI=1S/C26H19ClN4O4/c1-15-23(24(33)16-6-8-17(27)9-7-16)19-13-18(34-2)10-11-21(19)31(15)14-22(32)26-30-29-25(35-26)20-5-3-4-12-28-20/h3-13H,14H2,1-2H3. The lowest BCUT2D eigenvalue weighted by atomic mass is 10.0. The third-order valence-electron chi connectivity index (χ3n) is 5.71. The van der Waals surface area contributed by atoms with Gasteiger partial charge in [0.25, 0.3) is 11.8 Å². The summed E-state index contributed by atoms with van der Waals surface area (Å²) in [6.45, 7) is 1.71. The number of halogens is 1. The molecule has 0 radical (unpaired) electrons. The third kappa shape index (κ3) is 4.20. The van der Waals surface area contributed by atoms with Gasteiger partial charge in [0.15, 0.2) is 5.78 Å². The molecule has 0 aliphatic carbocycles. The molecule has 0 atom stereocenters. The number of Topliss-reactive ketones (excluding diaryl/α,β-unsaturated/α-hetero) is 1. The molecule has 0 bridgehead atoms. The smallest absolute Gasteiger partial charge is 0.286 e. The number of carbonyl (C=O) groups excluding carboxylic acids is 2. The van der Waals surface area contributed by atoms with Gasteiger partial charge in [-0.2, -0.15) is 0 Å². The van der Waals surface area contributed by atoms with Gasteiger partial charge < -0.3 is 13.7 Å². The summed E-state index contributed by atoms with van der Waals surface area (Å²) in [5.74, 6) is 0.0558. The molecule has 0 saturated carbocycles. The Hall–Kier alpha value is -4.30. The van der Waals surface area contributed by atoms with Gasteiger partial charge in [0.1, 0.15) is 11.4 Å². The number of fused-ring (bicyclic) bond motifs is 1. The highest BCUT2D eigenvalue weighted by atomic mass is 35.5. The minimum atomic E-state index is -0.388. The summed E-state index contributed by atoms with van der Waals surface area (Å²) >= 11 is 6.00. The summed E-state index contributed by atoms with van der Waals surface area (Å²) < 4.78 is 12.7. The molecular weight excluding hydrogens is 468 g/mol. The van der Waals surface area contributed by atoms with Crippen LogP contribution in [0.15, 0.2) is 71.3 Å². The zero-order chi connectivity index (χ0) is 24.5. The fraction of sp³-hybridized carbons (Fsp3) is 0.115. The van der Waals surface area contributed by atoms with E-state index in [0.717, 1.165) is 0 Å². The zero-order valence-electron chi connectivity index (χ0n) is 18.9. The van der Waals surface area contributed by atoms with E-state index in [9.17, 15) is 9.59 Å². The topological polar surface area (TPSA) is 100 Å². The van der Waals surface area contributed by atoms with Crippen LogP contribution in [0.25, 0.3) is 22.5 Å². The second-order valence-corrected chi connectivity index (χ2v) is 8.25. The summed E-state index contributed by atoms with van der Waals surface area (Å²) in [5.41, 5.74) is 2.78. The van der Waals surface area contributed by atoms with E-state index in [2.05, 4.69) is 15.2 Å². The number of aromatic nitrogens is 4. The molecule has 0 aliphatic heterocycles. The number of methoxy groups -OCH3 is 1. The van der Waals surface area contributed by atoms with Crippen LogP contribution in [0.4, 0.5) is 0 Å². The van der Waals surface area contributed by atoms with Crippen LogP contribution in [0.5, 0.6) is 5.75 Å². The molecule has 0 saturated heterocycles. The minimum Gasteiger partial charge on any atom is -0.497 e. The summed E-state index contributed by atoms with van der Waals surface area (Å²) in [4.78, 5) is 30.8. The number of hydrogen-bond donors (Lipinski definition) is 0. The van der Waals surface area contributed by atoms with Crippen molar-refractivity contribution < 1.29 is 18.7 Å². The van der Waals surface area contributed by atoms with Crippen molar-refractivity contribution in [2.24, 2.45) is 0 Å². The first-order chi connectivity index (χ1) is 17.0. The van der Waals surface area contributed by atoms with Crippen LogP contribution < -0.4 is 4.74 Å². The Morgan fingerprint density at radius 1 is 1.06 bits per heavy atom. The lowest BCUT2D eigenvalue weighted by Crippen LogP contribution is -2.13. The molecule has 3 heterocycles. The van der Waals surface area contributed by atoms with Crippen molar-refractivity contribution in [3.05, 3.63) is 94.6 Å². The number of ether oxygens (including phenoxy) is 1. The molecule has 35 heavy (non-hydrogen) atoms. The Morgan fingerprint density at radius 2 is 1.86 bits per heavy atom. The van der Waals surface area contributed by atoms with Crippen LogP contribution in [0, 0.1) is 6.92 Å². The van der Waals surface area contributed by atoms with Gasteiger partial charge in [-0.3, -0.25) is 14.6 Å². The number of rotatable bonds is 7. The van der Waals surface area contributed by atoms with Gasteiger partial charge in [-0.25, -0.2) is 0 Å². The Bertz CT molecular complexity index is 1560. The molecule has 0 N–H and O–H groups in total. The predicted octanol–water partition coefficient (Wildman–Crippen LogP) is 5.17. The highest BCUT2D eigenvalue weighted by Gasteiger charge is 2.25. The molecule has 5 rings (SSSR count). The summed E-state index contributed by atoms with van der Waals surface area (Å²) in [5, 5.41) is 9.07. The number of carbonyl (C=O) groups is 2. The monoisotopic (exact) mass is 486 g/mol. The summed E-state index contributed by atoms with van der Waals surface area (Å²) in [6, 6.07) is 17.4. The number of ketones is 2. The fourth-order valence-electron chi connectivity index (χ4n) is 3.96. The maximum atomic E-state index is 13.5. The minimum absolute atomic E-state index is 0.0909. The maximum absolute atomic E-state index is 13.5. The molecule has 0 aliphatic rings. The van der Waals surface area contributed by atoms with Gasteiger partial charge in [-0.1, -0.05) is 17.7 Å². The van der Waals surface area contributed by atoms with Gasteiger partial charge in [-0.05, 0) is 61.5 Å². The van der Waals surface area contributed by atoms with Crippen molar-refractivity contribution in [2.45, 2.75) is 13.5 Å². The quantitative estimate of drug-likeness (QED) is 0.292. The van der Waals surface area contributed by atoms with Crippen LogP contribution in [-0.4, -0.2) is 38.4 Å². The zero-order valence-corrected chi connectivity index (χ0v) is 19.6. The maximum Gasteiger partial charge on any atom is 0.286 e. The molecule has 3 aromatic heterocycles. The van der Waals surface area contributed by atoms with Crippen molar-refractivity contribution >= 4 is 34.1 Å². The van der Waals surface area contributed by atoms with Crippen LogP contribution >= 0.6 is 11.6 Å². The van der Waals surface area contributed by atoms with Crippen LogP contribution in [0.2, 0.25) is 5.02 Å². The SMILES string of the molecule is COc1ccc2c(c1)c(C(=O)c1ccc(Cl)cc1)c(C)n2CC(=O)c1nnc(-c2ccccn2)o1.